The number of sulfonamides is 1. The van der Waals surface area contributed by atoms with E-state index in [0.29, 0.717) is 11.1 Å². The van der Waals surface area contributed by atoms with Crippen molar-refractivity contribution in [1.29, 1.82) is 0 Å². The molecular formula is C12H20N4O3S. The van der Waals surface area contributed by atoms with Crippen LogP contribution in [0.25, 0.3) is 0 Å². The molecule has 1 rings (SSSR count). The van der Waals surface area contributed by atoms with Gasteiger partial charge in [-0.25, -0.2) is 17.9 Å². The Morgan fingerprint density at radius 1 is 1.20 bits per heavy atom. The van der Waals surface area contributed by atoms with E-state index in [1.54, 1.807) is 33.0 Å². The number of rotatable bonds is 6. The molecule has 5 N–H and O–H groups in total. The Hall–Kier alpha value is -1.80. The predicted molar refractivity (Wildman–Crippen MR) is 78.2 cm³/mol. The first kappa shape index (κ1) is 16.3. The molecule has 7 nitrogen and oxygen atoms in total. The van der Waals surface area contributed by atoms with E-state index in [0.717, 1.165) is 5.69 Å². The topological polar surface area (TPSA) is 113 Å². The highest BCUT2D eigenvalue weighted by atomic mass is 32.2. The molecular weight excluding hydrogens is 280 g/mol. The van der Waals surface area contributed by atoms with E-state index in [4.69, 9.17) is 5.73 Å². The molecule has 0 saturated heterocycles. The molecule has 0 heterocycles. The lowest BCUT2D eigenvalue weighted by molar-refractivity contribution is 0.249. The number of carbonyl (C=O) groups is 1. The van der Waals surface area contributed by atoms with Crippen LogP contribution in [0.2, 0.25) is 0 Å². The van der Waals surface area contributed by atoms with Crippen LogP contribution in [-0.2, 0) is 10.0 Å². The summed E-state index contributed by atoms with van der Waals surface area (Å²) in [7, 11) is -1.84. The minimum atomic E-state index is -3.61. The van der Waals surface area contributed by atoms with E-state index in [1.807, 2.05) is 0 Å². The van der Waals surface area contributed by atoms with Crippen LogP contribution in [0.4, 0.5) is 10.5 Å². The molecule has 0 unspecified atom stereocenters. The van der Waals surface area contributed by atoms with Crippen LogP contribution in [0, 0.1) is 13.8 Å². The fourth-order valence-corrected chi connectivity index (χ4v) is 3.44. The van der Waals surface area contributed by atoms with Gasteiger partial charge in [0.2, 0.25) is 10.0 Å². The highest BCUT2D eigenvalue weighted by molar-refractivity contribution is 7.89. The number of carbonyl (C=O) groups excluding carboxylic acids is 1. The second-order valence-electron chi connectivity index (χ2n) is 4.38. The minimum Gasteiger partial charge on any atom is -0.388 e. The van der Waals surface area contributed by atoms with Crippen LogP contribution < -0.4 is 21.1 Å². The lowest BCUT2D eigenvalue weighted by Crippen LogP contribution is -2.37. The zero-order valence-electron chi connectivity index (χ0n) is 11.8. The van der Waals surface area contributed by atoms with Crippen LogP contribution in [0.5, 0.6) is 0 Å². The van der Waals surface area contributed by atoms with Gasteiger partial charge in [0.05, 0.1) is 4.90 Å². The van der Waals surface area contributed by atoms with Gasteiger partial charge < -0.3 is 16.4 Å². The maximum absolute atomic E-state index is 12.2. The van der Waals surface area contributed by atoms with Crippen LogP contribution in [0.3, 0.4) is 0 Å². The second kappa shape index (κ2) is 6.58. The van der Waals surface area contributed by atoms with E-state index < -0.39 is 16.1 Å². The Morgan fingerprint density at radius 3 is 2.20 bits per heavy atom. The zero-order valence-corrected chi connectivity index (χ0v) is 12.6. The number of primary amides is 1. The molecule has 2 amide bonds. The van der Waals surface area contributed by atoms with Crippen molar-refractivity contribution in [3.8, 4) is 0 Å². The molecule has 0 spiro atoms. The highest BCUT2D eigenvalue weighted by Gasteiger charge is 2.19. The number of urea groups is 1. The van der Waals surface area contributed by atoms with Crippen LogP contribution in [-0.4, -0.2) is 34.6 Å². The van der Waals surface area contributed by atoms with Crippen LogP contribution >= 0.6 is 0 Å². The SMILES string of the molecule is CNc1cc(C)c(S(=O)(=O)NCCNC(N)=O)c(C)c1. The fourth-order valence-electron chi connectivity index (χ4n) is 1.96. The number of hydrogen-bond donors (Lipinski definition) is 4. The largest absolute Gasteiger partial charge is 0.388 e. The third kappa shape index (κ3) is 4.10. The summed E-state index contributed by atoms with van der Waals surface area (Å²) in [4.78, 5) is 10.8. The lowest BCUT2D eigenvalue weighted by Gasteiger charge is -2.14. The van der Waals surface area contributed by atoms with Gasteiger partial charge in [-0.05, 0) is 37.1 Å². The molecule has 0 aliphatic rings. The fraction of sp³-hybridized carbons (Fsp3) is 0.417. The average molecular weight is 300 g/mol. The molecule has 0 atom stereocenters. The zero-order chi connectivity index (χ0) is 15.3. The predicted octanol–water partition coefficient (Wildman–Crippen LogP) is 0.292. The number of anilines is 1. The van der Waals surface area contributed by atoms with Crippen molar-refractivity contribution >= 4 is 21.7 Å². The van der Waals surface area contributed by atoms with Crippen molar-refractivity contribution in [3.63, 3.8) is 0 Å². The van der Waals surface area contributed by atoms with E-state index in [9.17, 15) is 13.2 Å². The summed E-state index contributed by atoms with van der Waals surface area (Å²) < 4.78 is 26.9. The Balaban J connectivity index is 2.90. The lowest BCUT2D eigenvalue weighted by atomic mass is 10.1. The summed E-state index contributed by atoms with van der Waals surface area (Å²) in [6.07, 6.45) is 0. The van der Waals surface area contributed by atoms with Crippen molar-refractivity contribution < 1.29 is 13.2 Å². The molecule has 1 aromatic carbocycles. The molecule has 0 radical (unpaired) electrons. The third-order valence-corrected chi connectivity index (χ3v) is 4.50. The van der Waals surface area contributed by atoms with E-state index in [1.165, 1.54) is 0 Å². The van der Waals surface area contributed by atoms with Gasteiger partial charge >= 0.3 is 6.03 Å². The quantitative estimate of drug-likeness (QED) is 0.565. The van der Waals surface area contributed by atoms with Crippen molar-refractivity contribution in [3.05, 3.63) is 23.3 Å². The Bertz CT molecular complexity index is 576. The highest BCUT2D eigenvalue weighted by Crippen LogP contribution is 2.23. The van der Waals surface area contributed by atoms with Crippen LogP contribution in [0.15, 0.2) is 17.0 Å². The molecule has 8 heteroatoms. The smallest absolute Gasteiger partial charge is 0.312 e. The van der Waals surface area contributed by atoms with E-state index >= 15 is 0 Å². The first-order chi connectivity index (χ1) is 9.27. The maximum Gasteiger partial charge on any atom is 0.312 e. The minimum absolute atomic E-state index is 0.0813. The van der Waals surface area contributed by atoms with Gasteiger partial charge in [0.15, 0.2) is 0 Å². The number of nitrogens with two attached hydrogens (primary N) is 1. The molecule has 0 fully saturated rings. The monoisotopic (exact) mass is 300 g/mol. The number of benzene rings is 1. The number of aryl methyl sites for hydroxylation is 2. The second-order valence-corrected chi connectivity index (χ2v) is 6.08. The number of hydrogen-bond acceptors (Lipinski definition) is 4. The normalized spacial score (nSPS) is 11.2. The summed E-state index contributed by atoms with van der Waals surface area (Å²) in [5.41, 5.74) is 7.07. The number of nitrogens with one attached hydrogen (secondary N) is 3. The molecule has 0 saturated carbocycles. The third-order valence-electron chi connectivity index (χ3n) is 2.73. The molecule has 0 aromatic heterocycles. The van der Waals surface area contributed by atoms with E-state index in [2.05, 4.69) is 15.4 Å². The van der Waals surface area contributed by atoms with Gasteiger partial charge in [-0.2, -0.15) is 0 Å². The van der Waals surface area contributed by atoms with Crippen molar-refractivity contribution in [1.82, 2.24) is 10.0 Å². The molecule has 20 heavy (non-hydrogen) atoms. The van der Waals surface area contributed by atoms with Crippen LogP contribution in [0.1, 0.15) is 11.1 Å². The van der Waals surface area contributed by atoms with Gasteiger partial charge in [-0.3, -0.25) is 0 Å². The number of amides is 2. The molecule has 112 valence electrons. The Kier molecular flexibility index (Phi) is 5.34. The Labute approximate surface area is 119 Å². The summed E-state index contributed by atoms with van der Waals surface area (Å²) in [6.45, 7) is 3.70. The summed E-state index contributed by atoms with van der Waals surface area (Å²) in [5, 5.41) is 5.29. The van der Waals surface area contributed by atoms with Gasteiger partial charge in [0, 0.05) is 25.8 Å². The maximum atomic E-state index is 12.2. The molecule has 1 aromatic rings. The van der Waals surface area contributed by atoms with Gasteiger partial charge in [0.25, 0.3) is 0 Å². The van der Waals surface area contributed by atoms with Gasteiger partial charge in [-0.15, -0.1) is 0 Å². The van der Waals surface area contributed by atoms with Crippen molar-refractivity contribution in [2.45, 2.75) is 18.7 Å². The first-order valence-corrected chi connectivity index (χ1v) is 7.58. The van der Waals surface area contributed by atoms with E-state index in [-0.39, 0.29) is 18.0 Å². The summed E-state index contributed by atoms with van der Waals surface area (Å²) in [6, 6.07) is 2.85. The molecule has 0 aliphatic heterocycles. The average Bonchev–Trinajstić information content (AvgIpc) is 2.33. The summed E-state index contributed by atoms with van der Waals surface area (Å²) >= 11 is 0. The first-order valence-electron chi connectivity index (χ1n) is 6.10. The van der Waals surface area contributed by atoms with Crippen molar-refractivity contribution in [2.75, 3.05) is 25.5 Å². The van der Waals surface area contributed by atoms with Gasteiger partial charge in [-0.1, -0.05) is 0 Å². The Morgan fingerprint density at radius 2 is 1.75 bits per heavy atom. The standard InChI is InChI=1S/C12H20N4O3S/c1-8-6-10(14-3)7-9(2)11(8)20(18,19)16-5-4-15-12(13)17/h6-7,14,16H,4-5H2,1-3H3,(H3,13,15,17). The molecule has 0 aliphatic carbocycles. The molecule has 0 bridgehead atoms. The van der Waals surface area contributed by atoms with Gasteiger partial charge in [0.1, 0.15) is 0 Å². The summed E-state index contributed by atoms with van der Waals surface area (Å²) in [5.74, 6) is 0. The van der Waals surface area contributed by atoms with Crippen molar-refractivity contribution in [2.24, 2.45) is 5.73 Å².